The number of rotatable bonds is 6. The van der Waals surface area contributed by atoms with Crippen molar-refractivity contribution in [3.8, 4) is 45.6 Å². The number of hydrogen-bond donors (Lipinski definition) is 10. The van der Waals surface area contributed by atoms with Crippen molar-refractivity contribution >= 4 is 125 Å². The zero-order valence-corrected chi connectivity index (χ0v) is 53.1. The van der Waals surface area contributed by atoms with E-state index in [0.717, 1.165) is 44.2 Å². The Kier molecular flexibility index (Phi) is 26.9. The van der Waals surface area contributed by atoms with Crippen molar-refractivity contribution in [3.05, 3.63) is 108 Å². The Morgan fingerprint density at radius 2 is 0.682 bits per heavy atom. The molecule has 5 heterocycles. The Hall–Kier alpha value is -8.88. The molecule has 0 aliphatic carbocycles. The first kappa shape index (κ1) is 77.1. The molecule has 34 nitrogen and oxygen atoms in total. The molecule has 5 aromatic carbocycles. The number of primary amides is 2. The minimum atomic E-state index is -4.69. The number of urea groups is 1. The average Bonchev–Trinajstić information content (AvgIpc) is 2.51. The van der Waals surface area contributed by atoms with Gasteiger partial charge in [0, 0.05) is 78.2 Å². The second-order valence-electron chi connectivity index (χ2n) is 16.0. The molecule has 0 spiro atoms. The largest absolute Gasteiger partial charge is 2.00 e. The summed E-state index contributed by atoms with van der Waals surface area (Å²) in [6, 6.07) is 19.4. The van der Waals surface area contributed by atoms with Gasteiger partial charge in [-0.25, -0.2) is 24.4 Å². The van der Waals surface area contributed by atoms with Crippen molar-refractivity contribution in [2.75, 3.05) is 0 Å². The zero-order chi connectivity index (χ0) is 63.1. The first-order valence-electron chi connectivity index (χ1n) is 21.7. The van der Waals surface area contributed by atoms with Crippen LogP contribution in [0.2, 0.25) is 0 Å². The van der Waals surface area contributed by atoms with Crippen LogP contribution in [0.1, 0.15) is 49.4 Å². The number of hydrogen-bond acceptors (Lipinski definition) is 22. The minimum absolute atomic E-state index is 0. The third-order valence-electron chi connectivity index (χ3n) is 10.2. The summed E-state index contributed by atoms with van der Waals surface area (Å²) >= 11 is 0. The van der Waals surface area contributed by atoms with E-state index in [-0.39, 0.29) is 127 Å². The van der Waals surface area contributed by atoms with E-state index in [9.17, 15) is 56.9 Å². The Balaban J connectivity index is 0.000000894. The molecule has 88 heavy (non-hydrogen) atoms. The number of fused-ring (bicyclic) bond motifs is 20. The van der Waals surface area contributed by atoms with Crippen molar-refractivity contribution in [1.29, 1.82) is 0 Å². The molecule has 0 radical (unpaired) electrons. The van der Waals surface area contributed by atoms with Gasteiger partial charge in [0.15, 0.2) is 0 Å². The molecule has 0 unspecified atom stereocenters. The van der Waals surface area contributed by atoms with E-state index >= 15 is 0 Å². The molecule has 2 aliphatic rings. The number of carbonyl (C=O) groups excluding carboxylic acids is 1. The van der Waals surface area contributed by atoms with Crippen LogP contribution in [0, 0.1) is 0 Å². The molecule has 2 amide bonds. The maximum atomic E-state index is 12.1. The second-order valence-corrected chi connectivity index (χ2v) is 22.1. The number of benzene rings is 5. The third-order valence-corrected chi connectivity index (χ3v) is 13.6. The van der Waals surface area contributed by atoms with E-state index in [0.29, 0.717) is 22.4 Å². The van der Waals surface area contributed by atoms with E-state index in [2.05, 4.69) is 46.4 Å². The predicted octanol–water partition coefficient (Wildman–Crippen LogP) is 3.67. The van der Waals surface area contributed by atoms with Crippen LogP contribution in [0.15, 0.2) is 117 Å². The molecule has 0 atom stereocenters. The first-order valence-corrected chi connectivity index (χ1v) is 28.5. The zero-order valence-electron chi connectivity index (χ0n) is 43.0. The molecular formula is C47H42N10O24S5Zn2. The summed E-state index contributed by atoms with van der Waals surface area (Å²) in [6.07, 6.45) is 0. The van der Waals surface area contributed by atoms with Crippen molar-refractivity contribution in [1.82, 2.24) is 39.9 Å². The van der Waals surface area contributed by atoms with Crippen LogP contribution >= 0.6 is 0 Å². The van der Waals surface area contributed by atoms with Crippen molar-refractivity contribution in [3.63, 3.8) is 0 Å². The fraction of sp³-hybridized carbons (Fsp3) is 0.0851. The molecule has 0 saturated carbocycles. The molecule has 2 aliphatic heterocycles. The van der Waals surface area contributed by atoms with Crippen LogP contribution in [0.25, 0.3) is 89.7 Å². The molecule has 3 aromatic heterocycles. The van der Waals surface area contributed by atoms with Crippen LogP contribution in [0.4, 0.5) is 4.79 Å². The second kappa shape index (κ2) is 30.6. The SMILES string of the molecule is C.C.CC(=O)O.CC(=O)O.NC(N)=O.O=C(O)c1ccc(S(=O)(=O)O)cc1C(=O)O.O=S(=O)(O)c1ccc2c(c1)-c1nc-2nc2[n-]c(nc3nc(nc4[n-]c(n1)c1ccccc41)-c1ccc(S(=O)(=O)O)cc1-3)c1ccc(S(=O)(=O)O)cc21.O=S(=O)=O.[Zn+2].[Zn]. The Labute approximate surface area is 522 Å². The van der Waals surface area contributed by atoms with Crippen molar-refractivity contribution in [2.24, 2.45) is 11.5 Å². The van der Waals surface area contributed by atoms with Gasteiger partial charge in [-0.05, 0) is 76.1 Å². The van der Waals surface area contributed by atoms with Crippen molar-refractivity contribution < 1.29 is 148 Å². The Morgan fingerprint density at radius 1 is 0.420 bits per heavy atom. The van der Waals surface area contributed by atoms with E-state index < -0.39 is 112 Å². The smallest absolute Gasteiger partial charge is 0.481 e. The maximum absolute atomic E-state index is 12.1. The summed E-state index contributed by atoms with van der Waals surface area (Å²) in [5, 5.41) is 33.6. The molecule has 8 aromatic rings. The number of carbonyl (C=O) groups is 5. The molecule has 0 saturated heterocycles. The summed E-state index contributed by atoms with van der Waals surface area (Å²) in [5.74, 6) is -4.80. The average molecular weight is 1420 g/mol. The number of aromatic carboxylic acids is 2. The number of aliphatic carboxylic acids is 2. The fourth-order valence-corrected chi connectivity index (χ4v) is 9.11. The van der Waals surface area contributed by atoms with E-state index in [1.807, 2.05) is 0 Å². The topological polar surface area (TPSA) is 593 Å². The van der Waals surface area contributed by atoms with Gasteiger partial charge in [0.1, 0.15) is 0 Å². The van der Waals surface area contributed by atoms with Crippen LogP contribution in [0.3, 0.4) is 0 Å². The van der Waals surface area contributed by atoms with Gasteiger partial charge in [-0.1, -0.05) is 57.3 Å². The normalized spacial score (nSPS) is 10.8. The van der Waals surface area contributed by atoms with Crippen LogP contribution in [-0.2, 0) is 99.6 Å². The Bertz CT molecular complexity index is 4780. The summed E-state index contributed by atoms with van der Waals surface area (Å²) in [5.41, 5.74) is 8.34. The Morgan fingerprint density at radius 3 is 1.00 bits per heavy atom. The predicted molar refractivity (Wildman–Crippen MR) is 297 cm³/mol. The van der Waals surface area contributed by atoms with Gasteiger partial charge in [0.2, 0.25) is 0 Å². The maximum Gasteiger partial charge on any atom is 2.00 e. The third kappa shape index (κ3) is 19.8. The van der Waals surface area contributed by atoms with Crippen LogP contribution in [-0.4, -0.2) is 145 Å². The van der Waals surface area contributed by atoms with Gasteiger partial charge in [-0.2, -0.15) is 33.7 Å². The van der Waals surface area contributed by atoms with E-state index in [4.69, 9.17) is 57.0 Å². The number of carboxylic acid groups (broad SMARTS) is 4. The molecule has 41 heteroatoms. The van der Waals surface area contributed by atoms with Gasteiger partial charge >= 0.3 is 48.1 Å². The number of carboxylic acids is 4. The summed E-state index contributed by atoms with van der Waals surface area (Å²) in [6.45, 7) is 2.17. The first-order chi connectivity index (χ1) is 38.8. The van der Waals surface area contributed by atoms with Gasteiger partial charge in [0.05, 0.1) is 54.0 Å². The standard InChI is InChI=1S/C32H16N8O9S3.C8H6O7S.2C2H4O2.CH4N2O.2CH4.O3S.2Zn/c41-50(42,43)14-5-8-19-22(11-14)31-36-27(19)34-25-17-3-1-2-4-18(17)26(33-25)35-30-23-12-15(51(44,45)46)6-9-20(23)28(37-30)39-32-24-13-16(52(47,48)49)7-10-21(24)29(38-31)40-32;9-7(10)5-2-1-4(16(13,14)15)3-6(5)8(11)12;2*1-2(3)4;2-1(3)4;;;1-4(2)3;;/h1-13H,(H3-2,33,34,35,36,37,38,39,40,41,42,43,44,45,46,47,48,49);1-3H,(H,9,10)(H,11,12)(H,13,14,15);2*1H3,(H,3,4);(H4,2,3,4);2*1H4;;;/q-2;;;;;;;;;+2. The fourth-order valence-electron chi connectivity index (χ4n) is 7.08. The molecule has 8 bridgehead atoms. The van der Waals surface area contributed by atoms with Gasteiger partial charge in [-0.3, -0.25) is 27.8 Å². The summed E-state index contributed by atoms with van der Waals surface area (Å²) in [4.78, 5) is 83.2. The van der Waals surface area contributed by atoms with Gasteiger partial charge in [-0.15, -0.1) is 12.6 Å². The van der Waals surface area contributed by atoms with E-state index in [1.54, 1.807) is 24.3 Å². The van der Waals surface area contributed by atoms with Crippen LogP contribution in [0.5, 0.6) is 0 Å². The number of nitrogens with zero attached hydrogens (tertiary/aromatic N) is 8. The molecule has 0 fully saturated rings. The van der Waals surface area contributed by atoms with Crippen molar-refractivity contribution in [2.45, 2.75) is 48.3 Å². The summed E-state index contributed by atoms with van der Waals surface area (Å²) < 4.78 is 158. The quantitative estimate of drug-likeness (QED) is 0.0838. The number of amides is 2. The van der Waals surface area contributed by atoms with Crippen LogP contribution < -0.4 is 21.4 Å². The van der Waals surface area contributed by atoms with Gasteiger partial charge < -0.3 is 61.8 Å². The van der Waals surface area contributed by atoms with E-state index in [1.165, 1.54) is 36.4 Å². The molecule has 458 valence electrons. The molecular weight excluding hydrogens is 1380 g/mol. The van der Waals surface area contributed by atoms with Gasteiger partial charge in [0.25, 0.3) is 52.4 Å². The number of nitrogens with two attached hydrogens (primary N) is 2. The molecule has 10 rings (SSSR count). The number of aromatic nitrogens is 8. The molecule has 12 N–H and O–H groups in total. The monoisotopic (exact) mass is 1420 g/mol. The summed E-state index contributed by atoms with van der Waals surface area (Å²) in [7, 11) is -21.7. The minimum Gasteiger partial charge on any atom is -0.481 e.